The van der Waals surface area contributed by atoms with Crippen molar-refractivity contribution in [1.29, 1.82) is 0 Å². The molecule has 2 heterocycles. The summed E-state index contributed by atoms with van der Waals surface area (Å²) in [6, 6.07) is 11.8. The number of anilines is 1. The molecule has 26 heavy (non-hydrogen) atoms. The number of carbonyl (C=O) groups is 1. The summed E-state index contributed by atoms with van der Waals surface area (Å²) in [5.74, 6) is -0.103. The monoisotopic (exact) mass is 422 g/mol. The second-order valence-electron chi connectivity index (χ2n) is 5.34. The van der Waals surface area contributed by atoms with Gasteiger partial charge >= 0.3 is 0 Å². The molecule has 9 heteroatoms. The van der Waals surface area contributed by atoms with Crippen LogP contribution in [0.1, 0.15) is 10.4 Å². The van der Waals surface area contributed by atoms with Crippen molar-refractivity contribution >= 4 is 63.0 Å². The third kappa shape index (κ3) is 3.29. The fourth-order valence-corrected chi connectivity index (χ4v) is 3.85. The molecule has 0 bridgehead atoms. The molecule has 0 atom stereocenters. The molecule has 1 N–H and O–H groups in total. The van der Waals surface area contributed by atoms with Crippen LogP contribution in [0.4, 0.5) is 5.95 Å². The number of fused-ring (bicyclic) bond motifs is 1. The highest BCUT2D eigenvalue weighted by Crippen LogP contribution is 2.33. The first kappa shape index (κ1) is 17.3. The van der Waals surface area contributed by atoms with Gasteiger partial charge in [-0.3, -0.25) is 10.1 Å². The van der Waals surface area contributed by atoms with Gasteiger partial charge in [0.15, 0.2) is 0 Å². The Kier molecular flexibility index (Phi) is 4.58. The minimum atomic E-state index is -0.314. The fraction of sp³-hybridized carbons (Fsp3) is 0. The third-order valence-corrected chi connectivity index (χ3v) is 5.24. The number of hydrogen-bond donors (Lipinski definition) is 1. The van der Waals surface area contributed by atoms with Crippen LogP contribution < -0.4 is 5.32 Å². The second-order valence-corrected chi connectivity index (χ2v) is 7.45. The van der Waals surface area contributed by atoms with Gasteiger partial charge in [0.2, 0.25) is 4.96 Å². The van der Waals surface area contributed by atoms with Crippen molar-refractivity contribution in [2.45, 2.75) is 0 Å². The average molecular weight is 424 g/mol. The van der Waals surface area contributed by atoms with Gasteiger partial charge in [0.25, 0.3) is 11.9 Å². The summed E-state index contributed by atoms with van der Waals surface area (Å²) in [6.45, 7) is 0. The number of thiazole rings is 1. The Labute approximate surface area is 167 Å². The summed E-state index contributed by atoms with van der Waals surface area (Å²) in [6.07, 6.45) is 0. The maximum atomic E-state index is 12.3. The molecule has 0 aliphatic heterocycles. The first-order valence-electron chi connectivity index (χ1n) is 7.38. The number of nitrogens with zero attached hydrogens (tertiary/aromatic N) is 3. The Bertz CT molecular complexity index is 1120. The topological polar surface area (TPSA) is 59.3 Å². The van der Waals surface area contributed by atoms with Crippen LogP contribution in [0.2, 0.25) is 15.1 Å². The van der Waals surface area contributed by atoms with Crippen molar-refractivity contribution < 1.29 is 4.79 Å². The molecular formula is C17H9Cl3N4OS. The number of benzene rings is 2. The standard InChI is InChI=1S/C17H9Cl3N4OS/c18-10-3-1-9(2-4-10)15(25)21-16-22-17-24(23-16)14(8-26-17)12-6-5-11(19)7-13(12)20/h1-8H,(H,21,23,25). The van der Waals surface area contributed by atoms with E-state index in [9.17, 15) is 4.79 Å². The zero-order valence-electron chi connectivity index (χ0n) is 12.9. The lowest BCUT2D eigenvalue weighted by atomic mass is 10.2. The smallest absolute Gasteiger partial charge is 0.258 e. The quantitative estimate of drug-likeness (QED) is 0.462. The molecular weight excluding hydrogens is 415 g/mol. The van der Waals surface area contributed by atoms with Gasteiger partial charge in [0.05, 0.1) is 10.7 Å². The molecule has 130 valence electrons. The minimum Gasteiger partial charge on any atom is -0.289 e. The van der Waals surface area contributed by atoms with Gasteiger partial charge in [-0.05, 0) is 42.5 Å². The van der Waals surface area contributed by atoms with Crippen LogP contribution >= 0.6 is 46.1 Å². The molecule has 0 saturated carbocycles. The van der Waals surface area contributed by atoms with Crippen LogP contribution in [0.3, 0.4) is 0 Å². The summed E-state index contributed by atoms with van der Waals surface area (Å²) in [7, 11) is 0. The summed E-state index contributed by atoms with van der Waals surface area (Å²) in [4.78, 5) is 17.3. The summed E-state index contributed by atoms with van der Waals surface area (Å²) >= 11 is 19.5. The predicted octanol–water partition coefficient (Wildman–Crippen LogP) is 5.67. The third-order valence-electron chi connectivity index (χ3n) is 3.62. The highest BCUT2D eigenvalue weighted by atomic mass is 35.5. The SMILES string of the molecule is O=C(Nc1nc2scc(-c3ccc(Cl)cc3Cl)n2n1)c1ccc(Cl)cc1. The molecule has 0 aliphatic rings. The minimum absolute atomic E-state index is 0.211. The number of rotatable bonds is 3. The number of halogens is 3. The van der Waals surface area contributed by atoms with Gasteiger partial charge in [-0.15, -0.1) is 16.4 Å². The van der Waals surface area contributed by atoms with Crippen LogP contribution in [-0.4, -0.2) is 20.5 Å². The molecule has 0 fully saturated rings. The van der Waals surface area contributed by atoms with Crippen LogP contribution in [0.5, 0.6) is 0 Å². The second kappa shape index (κ2) is 6.89. The summed E-state index contributed by atoms with van der Waals surface area (Å²) in [5.41, 5.74) is 2.02. The van der Waals surface area contributed by atoms with Crippen molar-refractivity contribution in [3.8, 4) is 11.3 Å². The number of hydrogen-bond acceptors (Lipinski definition) is 4. The number of carbonyl (C=O) groups excluding carboxylic acids is 1. The van der Waals surface area contributed by atoms with Crippen molar-refractivity contribution in [2.75, 3.05) is 5.32 Å². The van der Waals surface area contributed by atoms with Gasteiger partial charge in [0.1, 0.15) is 0 Å². The van der Waals surface area contributed by atoms with E-state index >= 15 is 0 Å². The van der Waals surface area contributed by atoms with Gasteiger partial charge in [0, 0.05) is 26.6 Å². The zero-order valence-corrected chi connectivity index (χ0v) is 16.0. The lowest BCUT2D eigenvalue weighted by Crippen LogP contribution is -2.13. The summed E-state index contributed by atoms with van der Waals surface area (Å²) in [5, 5.41) is 10.6. The molecule has 0 saturated heterocycles. The molecule has 2 aromatic carbocycles. The van der Waals surface area contributed by atoms with E-state index < -0.39 is 0 Å². The molecule has 1 amide bonds. The van der Waals surface area contributed by atoms with E-state index in [-0.39, 0.29) is 11.9 Å². The van der Waals surface area contributed by atoms with Crippen molar-refractivity contribution in [2.24, 2.45) is 0 Å². The average Bonchev–Trinajstić information content (AvgIpc) is 3.16. The van der Waals surface area contributed by atoms with E-state index in [1.807, 2.05) is 11.4 Å². The van der Waals surface area contributed by atoms with Crippen LogP contribution in [-0.2, 0) is 0 Å². The van der Waals surface area contributed by atoms with Crippen molar-refractivity contribution in [3.63, 3.8) is 0 Å². The lowest BCUT2D eigenvalue weighted by molar-refractivity contribution is 0.102. The fourth-order valence-electron chi connectivity index (χ4n) is 2.39. The number of nitrogens with one attached hydrogen (secondary N) is 1. The number of amides is 1. The highest BCUT2D eigenvalue weighted by Gasteiger charge is 2.16. The van der Waals surface area contributed by atoms with Gasteiger partial charge in [-0.25, -0.2) is 4.52 Å². The molecule has 5 nitrogen and oxygen atoms in total. The molecule has 0 radical (unpaired) electrons. The van der Waals surface area contributed by atoms with E-state index in [4.69, 9.17) is 34.8 Å². The normalized spacial score (nSPS) is 11.0. The Morgan fingerprint density at radius 3 is 2.50 bits per heavy atom. The van der Waals surface area contributed by atoms with E-state index in [2.05, 4.69) is 15.4 Å². The van der Waals surface area contributed by atoms with Gasteiger partial charge in [-0.1, -0.05) is 34.8 Å². The Balaban J connectivity index is 1.65. The van der Waals surface area contributed by atoms with E-state index in [0.717, 1.165) is 11.3 Å². The first-order chi connectivity index (χ1) is 12.5. The molecule has 2 aromatic heterocycles. The maximum absolute atomic E-state index is 12.3. The Morgan fingerprint density at radius 1 is 1.04 bits per heavy atom. The van der Waals surface area contributed by atoms with E-state index in [1.165, 1.54) is 11.3 Å². The van der Waals surface area contributed by atoms with Crippen LogP contribution in [0.15, 0.2) is 47.8 Å². The first-order valence-corrected chi connectivity index (χ1v) is 9.39. The van der Waals surface area contributed by atoms with Crippen LogP contribution in [0, 0.1) is 0 Å². The Morgan fingerprint density at radius 2 is 1.77 bits per heavy atom. The van der Waals surface area contributed by atoms with E-state index in [1.54, 1.807) is 40.9 Å². The van der Waals surface area contributed by atoms with Crippen molar-refractivity contribution in [3.05, 3.63) is 68.5 Å². The molecule has 0 aliphatic carbocycles. The predicted molar refractivity (Wildman–Crippen MR) is 106 cm³/mol. The molecule has 4 aromatic rings. The summed E-state index contributed by atoms with van der Waals surface area (Å²) < 4.78 is 1.64. The molecule has 4 rings (SSSR count). The van der Waals surface area contributed by atoms with Gasteiger partial charge in [-0.2, -0.15) is 4.98 Å². The Hall–Kier alpha value is -2.12. The maximum Gasteiger partial charge on any atom is 0.258 e. The lowest BCUT2D eigenvalue weighted by Gasteiger charge is -2.03. The zero-order chi connectivity index (χ0) is 18.3. The highest BCUT2D eigenvalue weighted by molar-refractivity contribution is 7.15. The van der Waals surface area contributed by atoms with Crippen LogP contribution in [0.25, 0.3) is 16.2 Å². The van der Waals surface area contributed by atoms with E-state index in [0.29, 0.717) is 25.6 Å². The number of aromatic nitrogens is 3. The molecule has 0 unspecified atom stereocenters. The largest absolute Gasteiger partial charge is 0.289 e. The van der Waals surface area contributed by atoms with Gasteiger partial charge < -0.3 is 0 Å². The molecule has 0 spiro atoms. The van der Waals surface area contributed by atoms with Crippen molar-refractivity contribution in [1.82, 2.24) is 14.6 Å².